The molecule has 2 heterocycles. The maximum Gasteiger partial charge on any atom is 0.209 e. The Balaban J connectivity index is 1.47. The summed E-state index contributed by atoms with van der Waals surface area (Å²) in [6.45, 7) is 5.44. The van der Waals surface area contributed by atoms with Crippen molar-refractivity contribution in [1.29, 1.82) is 0 Å². The van der Waals surface area contributed by atoms with Crippen LogP contribution in [-0.2, 0) is 16.0 Å². The molecule has 114 valence electrons. The van der Waals surface area contributed by atoms with Crippen molar-refractivity contribution < 1.29 is 9.53 Å². The van der Waals surface area contributed by atoms with Gasteiger partial charge in [0.1, 0.15) is 0 Å². The highest BCUT2D eigenvalue weighted by Gasteiger charge is 2.39. The highest BCUT2D eigenvalue weighted by Crippen LogP contribution is 2.29. The van der Waals surface area contributed by atoms with Crippen molar-refractivity contribution in [1.82, 2.24) is 9.80 Å². The summed E-state index contributed by atoms with van der Waals surface area (Å²) in [5.41, 5.74) is 1.32. The molecular weight excluding hydrogens is 264 g/mol. The number of piperidine rings is 1. The van der Waals surface area contributed by atoms with Gasteiger partial charge in [-0.2, -0.15) is 0 Å². The molecule has 0 atom stereocenters. The minimum absolute atomic E-state index is 0.0809. The Hall–Kier alpha value is -1.39. The van der Waals surface area contributed by atoms with E-state index >= 15 is 0 Å². The van der Waals surface area contributed by atoms with Crippen molar-refractivity contribution >= 4 is 6.41 Å². The molecule has 0 unspecified atom stereocenters. The highest BCUT2D eigenvalue weighted by atomic mass is 16.5. The van der Waals surface area contributed by atoms with Crippen LogP contribution in [0.15, 0.2) is 30.3 Å². The van der Waals surface area contributed by atoms with Crippen LogP contribution in [-0.4, -0.2) is 61.1 Å². The summed E-state index contributed by atoms with van der Waals surface area (Å²) in [5.74, 6) is 0. The first-order valence-corrected chi connectivity index (χ1v) is 7.89. The Morgan fingerprint density at radius 2 is 1.90 bits per heavy atom. The monoisotopic (exact) mass is 288 g/mol. The second kappa shape index (κ2) is 6.58. The summed E-state index contributed by atoms with van der Waals surface area (Å²) in [6, 6.07) is 10.7. The molecule has 1 amide bonds. The molecule has 1 aromatic rings. The maximum atomic E-state index is 11.0. The highest BCUT2D eigenvalue weighted by molar-refractivity contribution is 5.47. The predicted octanol–water partition coefficient (Wildman–Crippen LogP) is 1.55. The molecule has 0 N–H and O–H groups in total. The van der Waals surface area contributed by atoms with Crippen LogP contribution in [0.3, 0.4) is 0 Å². The molecule has 0 aliphatic carbocycles. The van der Waals surface area contributed by atoms with E-state index in [0.29, 0.717) is 6.61 Å². The molecule has 1 spiro atoms. The van der Waals surface area contributed by atoms with E-state index in [-0.39, 0.29) is 5.60 Å². The molecule has 0 saturated carbocycles. The molecular formula is C17H24N2O2. The summed E-state index contributed by atoms with van der Waals surface area (Å²) in [4.78, 5) is 15.3. The molecule has 2 saturated heterocycles. The molecule has 4 heteroatoms. The summed E-state index contributed by atoms with van der Waals surface area (Å²) >= 11 is 0. The summed E-state index contributed by atoms with van der Waals surface area (Å²) in [5, 5.41) is 0. The number of rotatable bonds is 4. The van der Waals surface area contributed by atoms with E-state index in [1.165, 1.54) is 5.56 Å². The lowest BCUT2D eigenvalue weighted by atomic mass is 9.89. The number of carbonyl (C=O) groups is 1. The Bertz CT molecular complexity index is 455. The quantitative estimate of drug-likeness (QED) is 0.788. The maximum absolute atomic E-state index is 11.0. The molecule has 21 heavy (non-hydrogen) atoms. The zero-order valence-electron chi connectivity index (χ0n) is 12.5. The van der Waals surface area contributed by atoms with E-state index in [1.807, 2.05) is 4.90 Å². The van der Waals surface area contributed by atoms with Crippen LogP contribution >= 0.6 is 0 Å². The predicted molar refractivity (Wildman–Crippen MR) is 82.1 cm³/mol. The SMILES string of the molecule is O=CN1CCOC2(CCN(CCc3ccccc3)CC2)C1. The summed E-state index contributed by atoms with van der Waals surface area (Å²) in [6.07, 6.45) is 4.14. The van der Waals surface area contributed by atoms with Crippen LogP contribution in [0.25, 0.3) is 0 Å². The second-order valence-corrected chi connectivity index (χ2v) is 6.18. The number of ether oxygens (including phenoxy) is 1. The first kappa shape index (κ1) is 14.5. The van der Waals surface area contributed by atoms with Crippen LogP contribution in [0.1, 0.15) is 18.4 Å². The van der Waals surface area contributed by atoms with Crippen molar-refractivity contribution in [2.45, 2.75) is 24.9 Å². The average Bonchev–Trinajstić information content (AvgIpc) is 2.55. The van der Waals surface area contributed by atoms with Gasteiger partial charge in [0, 0.05) is 32.7 Å². The van der Waals surface area contributed by atoms with Gasteiger partial charge < -0.3 is 14.5 Å². The van der Waals surface area contributed by atoms with Gasteiger partial charge >= 0.3 is 0 Å². The smallest absolute Gasteiger partial charge is 0.209 e. The van der Waals surface area contributed by atoms with Crippen LogP contribution < -0.4 is 0 Å². The van der Waals surface area contributed by atoms with E-state index < -0.39 is 0 Å². The summed E-state index contributed by atoms with van der Waals surface area (Å²) in [7, 11) is 0. The average molecular weight is 288 g/mol. The van der Waals surface area contributed by atoms with Crippen molar-refractivity contribution in [3.05, 3.63) is 35.9 Å². The fourth-order valence-electron chi connectivity index (χ4n) is 3.38. The normalized spacial score (nSPS) is 22.4. The number of hydrogen-bond donors (Lipinski definition) is 0. The van der Waals surface area contributed by atoms with Gasteiger partial charge in [-0.25, -0.2) is 0 Å². The third-order valence-corrected chi connectivity index (χ3v) is 4.75. The summed E-state index contributed by atoms with van der Waals surface area (Å²) < 4.78 is 6.02. The van der Waals surface area contributed by atoms with Gasteiger partial charge in [0.25, 0.3) is 0 Å². The fourth-order valence-corrected chi connectivity index (χ4v) is 3.38. The van der Waals surface area contributed by atoms with Crippen LogP contribution in [0.2, 0.25) is 0 Å². The first-order chi connectivity index (χ1) is 10.3. The van der Waals surface area contributed by atoms with Crippen molar-refractivity contribution in [3.8, 4) is 0 Å². The Kier molecular flexibility index (Phi) is 4.56. The topological polar surface area (TPSA) is 32.8 Å². The van der Waals surface area contributed by atoms with Crippen molar-refractivity contribution in [2.24, 2.45) is 0 Å². The first-order valence-electron chi connectivity index (χ1n) is 7.89. The van der Waals surface area contributed by atoms with Gasteiger partial charge in [0.2, 0.25) is 6.41 Å². The van der Waals surface area contributed by atoms with Gasteiger partial charge in [-0.05, 0) is 24.8 Å². The number of nitrogens with zero attached hydrogens (tertiary/aromatic N) is 2. The molecule has 0 bridgehead atoms. The standard InChI is InChI=1S/C17H24N2O2/c20-15-19-12-13-21-17(14-19)7-10-18(11-8-17)9-6-16-4-2-1-3-5-16/h1-5,15H,6-14H2. The lowest BCUT2D eigenvalue weighted by Crippen LogP contribution is -2.56. The molecule has 0 radical (unpaired) electrons. The number of likely N-dealkylation sites (tertiary alicyclic amines) is 1. The molecule has 3 rings (SSSR count). The zero-order chi connectivity index (χ0) is 14.5. The lowest BCUT2D eigenvalue weighted by Gasteiger charge is -2.46. The third-order valence-electron chi connectivity index (χ3n) is 4.75. The Morgan fingerprint density at radius 1 is 1.14 bits per heavy atom. The Labute approximate surface area is 126 Å². The zero-order valence-corrected chi connectivity index (χ0v) is 12.5. The van der Waals surface area contributed by atoms with Gasteiger partial charge in [0.15, 0.2) is 0 Å². The lowest BCUT2D eigenvalue weighted by molar-refractivity contribution is -0.149. The minimum atomic E-state index is -0.0809. The van der Waals surface area contributed by atoms with Crippen LogP contribution in [0.4, 0.5) is 0 Å². The number of benzene rings is 1. The van der Waals surface area contributed by atoms with E-state index in [9.17, 15) is 4.79 Å². The second-order valence-electron chi connectivity index (χ2n) is 6.18. The number of morpholine rings is 1. The molecule has 2 aliphatic heterocycles. The largest absolute Gasteiger partial charge is 0.371 e. The fraction of sp³-hybridized carbons (Fsp3) is 0.588. The van der Waals surface area contributed by atoms with Crippen LogP contribution in [0, 0.1) is 0 Å². The van der Waals surface area contributed by atoms with Gasteiger partial charge in [-0.15, -0.1) is 0 Å². The van der Waals surface area contributed by atoms with Crippen molar-refractivity contribution in [2.75, 3.05) is 39.3 Å². The van der Waals surface area contributed by atoms with Gasteiger partial charge in [-0.3, -0.25) is 4.79 Å². The molecule has 0 aromatic heterocycles. The van der Waals surface area contributed by atoms with Gasteiger partial charge in [0.05, 0.1) is 12.2 Å². The molecule has 4 nitrogen and oxygen atoms in total. The molecule has 2 aliphatic rings. The number of carbonyl (C=O) groups excluding carboxylic acids is 1. The minimum Gasteiger partial charge on any atom is -0.371 e. The van der Waals surface area contributed by atoms with Crippen molar-refractivity contribution in [3.63, 3.8) is 0 Å². The van der Waals surface area contributed by atoms with Crippen LogP contribution in [0.5, 0.6) is 0 Å². The molecule has 2 fully saturated rings. The molecule has 1 aromatic carbocycles. The number of amides is 1. The van der Waals surface area contributed by atoms with E-state index in [4.69, 9.17) is 4.74 Å². The van der Waals surface area contributed by atoms with Gasteiger partial charge in [-0.1, -0.05) is 30.3 Å². The van der Waals surface area contributed by atoms with E-state index in [0.717, 1.165) is 58.4 Å². The van der Waals surface area contributed by atoms with E-state index in [2.05, 4.69) is 35.2 Å². The number of hydrogen-bond acceptors (Lipinski definition) is 3. The third kappa shape index (κ3) is 3.63. The Morgan fingerprint density at radius 3 is 2.62 bits per heavy atom. The van der Waals surface area contributed by atoms with E-state index in [1.54, 1.807) is 0 Å².